The number of hydrogen-bond acceptors (Lipinski definition) is 3. The zero-order chi connectivity index (χ0) is 23.1. The third-order valence-electron chi connectivity index (χ3n) is 5.63. The number of aromatic nitrogens is 2. The number of hydrogen-bond donors (Lipinski definition) is 2. The smallest absolute Gasteiger partial charge is 0.251 e. The van der Waals surface area contributed by atoms with Crippen molar-refractivity contribution in [3.63, 3.8) is 0 Å². The van der Waals surface area contributed by atoms with Crippen LogP contribution in [0.4, 0.5) is 0 Å². The summed E-state index contributed by atoms with van der Waals surface area (Å²) >= 11 is 12.3. The molecule has 170 valence electrons. The molecule has 0 unspecified atom stereocenters. The van der Waals surface area contributed by atoms with Crippen LogP contribution in [0.25, 0.3) is 22.5 Å². The van der Waals surface area contributed by atoms with Crippen molar-refractivity contribution >= 4 is 29.1 Å². The first-order valence-corrected chi connectivity index (χ1v) is 11.8. The maximum Gasteiger partial charge on any atom is 0.251 e. The summed E-state index contributed by atoms with van der Waals surface area (Å²) in [5.41, 5.74) is 3.98. The lowest BCUT2D eigenvalue weighted by atomic mass is 10.1. The highest BCUT2D eigenvalue weighted by Gasteiger charge is 2.13. The lowest BCUT2D eigenvalue weighted by molar-refractivity contribution is 0.0937. The molecule has 7 heteroatoms. The SMILES string of the molecule is CCN(CC)CCC[C@@H](C)NC(=O)c1ccc(-c2cc(-c3ccc(Cl)cc3Cl)[nH]n2)cc1. The third kappa shape index (κ3) is 6.35. The monoisotopic (exact) mass is 472 g/mol. The molecule has 0 aliphatic heterocycles. The van der Waals surface area contributed by atoms with Gasteiger partial charge in [-0.1, -0.05) is 49.2 Å². The maximum atomic E-state index is 12.6. The van der Waals surface area contributed by atoms with Crippen molar-refractivity contribution in [2.75, 3.05) is 19.6 Å². The summed E-state index contributed by atoms with van der Waals surface area (Å²) in [7, 11) is 0. The molecule has 0 bridgehead atoms. The van der Waals surface area contributed by atoms with E-state index in [9.17, 15) is 4.79 Å². The van der Waals surface area contributed by atoms with Crippen LogP contribution in [0.2, 0.25) is 10.0 Å². The Hall–Kier alpha value is -2.34. The lowest BCUT2D eigenvalue weighted by Gasteiger charge is -2.19. The van der Waals surface area contributed by atoms with Crippen molar-refractivity contribution < 1.29 is 4.79 Å². The normalized spacial score (nSPS) is 12.2. The molecule has 2 aromatic carbocycles. The molecule has 1 heterocycles. The number of nitrogens with zero attached hydrogens (tertiary/aromatic N) is 2. The van der Waals surface area contributed by atoms with Gasteiger partial charge in [-0.3, -0.25) is 9.89 Å². The van der Waals surface area contributed by atoms with Crippen LogP contribution in [-0.4, -0.2) is 46.7 Å². The summed E-state index contributed by atoms with van der Waals surface area (Å²) in [6.07, 6.45) is 2.03. The van der Waals surface area contributed by atoms with Crippen LogP contribution in [0.1, 0.15) is 44.0 Å². The number of carbonyl (C=O) groups is 1. The zero-order valence-electron chi connectivity index (χ0n) is 18.8. The van der Waals surface area contributed by atoms with Crippen LogP contribution >= 0.6 is 23.2 Å². The van der Waals surface area contributed by atoms with Crippen molar-refractivity contribution in [2.24, 2.45) is 0 Å². The fourth-order valence-corrected chi connectivity index (χ4v) is 4.16. The molecule has 5 nitrogen and oxygen atoms in total. The molecule has 3 rings (SSSR count). The number of carbonyl (C=O) groups excluding carboxylic acids is 1. The Bertz CT molecular complexity index is 1030. The third-order valence-corrected chi connectivity index (χ3v) is 6.17. The summed E-state index contributed by atoms with van der Waals surface area (Å²) < 4.78 is 0. The predicted molar refractivity (Wildman–Crippen MR) is 133 cm³/mol. The zero-order valence-corrected chi connectivity index (χ0v) is 20.3. The van der Waals surface area contributed by atoms with Gasteiger partial charge in [-0.15, -0.1) is 0 Å². The van der Waals surface area contributed by atoms with Crippen LogP contribution in [0.3, 0.4) is 0 Å². The van der Waals surface area contributed by atoms with Gasteiger partial charge in [-0.05, 0) is 75.8 Å². The highest BCUT2D eigenvalue weighted by Crippen LogP contribution is 2.31. The predicted octanol–water partition coefficient (Wildman–Crippen LogP) is 6.29. The van der Waals surface area contributed by atoms with E-state index in [1.54, 1.807) is 12.1 Å². The minimum Gasteiger partial charge on any atom is -0.350 e. The Kier molecular flexibility index (Phi) is 8.74. The molecule has 1 atom stereocenters. The van der Waals surface area contributed by atoms with E-state index in [-0.39, 0.29) is 11.9 Å². The molecule has 0 aliphatic carbocycles. The standard InChI is InChI=1S/C25H30Cl2N4O/c1-4-31(5-2)14-6-7-17(3)28-25(32)19-10-8-18(9-11-19)23-16-24(30-29-23)21-13-12-20(26)15-22(21)27/h8-13,15-17H,4-7,14H2,1-3H3,(H,28,32)(H,29,30)/t17-/m1/s1. The second-order valence-electron chi connectivity index (χ2n) is 7.91. The first-order chi connectivity index (χ1) is 15.4. The van der Waals surface area contributed by atoms with Gasteiger partial charge in [0, 0.05) is 27.8 Å². The molecule has 2 N–H and O–H groups in total. The number of amides is 1. The first kappa shape index (κ1) is 24.3. The second-order valence-corrected chi connectivity index (χ2v) is 8.76. The van der Waals surface area contributed by atoms with Crippen LogP contribution in [-0.2, 0) is 0 Å². The number of rotatable bonds is 10. The van der Waals surface area contributed by atoms with E-state index in [4.69, 9.17) is 23.2 Å². The van der Waals surface area contributed by atoms with E-state index in [0.717, 1.165) is 55.0 Å². The summed E-state index contributed by atoms with van der Waals surface area (Å²) in [4.78, 5) is 15.0. The van der Waals surface area contributed by atoms with Crippen LogP contribution < -0.4 is 5.32 Å². The molecule has 0 spiro atoms. The molecule has 0 aliphatic rings. The molecule has 1 amide bonds. The average Bonchev–Trinajstić information content (AvgIpc) is 3.26. The Morgan fingerprint density at radius 3 is 2.47 bits per heavy atom. The van der Waals surface area contributed by atoms with Crippen molar-refractivity contribution in [2.45, 2.75) is 39.7 Å². The van der Waals surface area contributed by atoms with E-state index in [2.05, 4.69) is 41.2 Å². The average molecular weight is 473 g/mol. The molecule has 0 radical (unpaired) electrons. The molecule has 0 fully saturated rings. The number of benzene rings is 2. The Labute approximate surface area is 200 Å². The number of halogens is 2. The Balaban J connectivity index is 1.59. The van der Waals surface area contributed by atoms with Gasteiger partial charge in [0.05, 0.1) is 16.4 Å². The number of nitrogens with one attached hydrogen (secondary N) is 2. The van der Waals surface area contributed by atoms with Crippen molar-refractivity contribution in [1.82, 2.24) is 20.4 Å². The van der Waals surface area contributed by atoms with Gasteiger partial charge in [0.25, 0.3) is 5.91 Å². The fourth-order valence-electron chi connectivity index (χ4n) is 3.65. The Morgan fingerprint density at radius 2 is 1.81 bits per heavy atom. The lowest BCUT2D eigenvalue weighted by Crippen LogP contribution is -2.33. The van der Waals surface area contributed by atoms with Gasteiger partial charge in [0.2, 0.25) is 0 Å². The first-order valence-electron chi connectivity index (χ1n) is 11.1. The van der Waals surface area contributed by atoms with E-state index in [1.807, 2.05) is 36.4 Å². The fraction of sp³-hybridized carbons (Fsp3) is 0.360. The van der Waals surface area contributed by atoms with Gasteiger partial charge in [-0.2, -0.15) is 5.10 Å². The molecular weight excluding hydrogens is 443 g/mol. The van der Waals surface area contributed by atoms with Gasteiger partial charge < -0.3 is 10.2 Å². The van der Waals surface area contributed by atoms with E-state index in [0.29, 0.717) is 15.6 Å². The van der Waals surface area contributed by atoms with E-state index >= 15 is 0 Å². The summed E-state index contributed by atoms with van der Waals surface area (Å²) in [5.74, 6) is -0.0532. The number of aromatic amines is 1. The summed E-state index contributed by atoms with van der Waals surface area (Å²) in [5, 5.41) is 11.7. The quantitative estimate of drug-likeness (QED) is 0.364. The molecule has 0 saturated heterocycles. The molecule has 0 saturated carbocycles. The largest absolute Gasteiger partial charge is 0.350 e. The minimum absolute atomic E-state index is 0.0532. The van der Waals surface area contributed by atoms with Crippen LogP contribution in [0.5, 0.6) is 0 Å². The Morgan fingerprint density at radius 1 is 1.09 bits per heavy atom. The van der Waals surface area contributed by atoms with Crippen LogP contribution in [0.15, 0.2) is 48.5 Å². The van der Waals surface area contributed by atoms with Gasteiger partial charge in [-0.25, -0.2) is 0 Å². The molecule has 1 aromatic heterocycles. The van der Waals surface area contributed by atoms with Crippen molar-refractivity contribution in [1.29, 1.82) is 0 Å². The highest BCUT2D eigenvalue weighted by atomic mass is 35.5. The summed E-state index contributed by atoms with van der Waals surface area (Å²) in [6.45, 7) is 9.60. The number of H-pyrrole nitrogens is 1. The molecule has 32 heavy (non-hydrogen) atoms. The van der Waals surface area contributed by atoms with E-state index < -0.39 is 0 Å². The maximum absolute atomic E-state index is 12.6. The highest BCUT2D eigenvalue weighted by molar-refractivity contribution is 6.36. The molecular formula is C25H30Cl2N4O. The van der Waals surface area contributed by atoms with Crippen molar-refractivity contribution in [3.05, 3.63) is 64.1 Å². The van der Waals surface area contributed by atoms with E-state index in [1.165, 1.54) is 0 Å². The summed E-state index contributed by atoms with van der Waals surface area (Å²) in [6, 6.07) is 14.9. The van der Waals surface area contributed by atoms with Gasteiger partial charge in [0.15, 0.2) is 0 Å². The van der Waals surface area contributed by atoms with Gasteiger partial charge >= 0.3 is 0 Å². The topological polar surface area (TPSA) is 61.0 Å². The van der Waals surface area contributed by atoms with Crippen molar-refractivity contribution in [3.8, 4) is 22.5 Å². The molecule has 3 aromatic rings. The second kappa shape index (κ2) is 11.5. The van der Waals surface area contributed by atoms with Crippen LogP contribution in [0, 0.1) is 0 Å². The minimum atomic E-state index is -0.0532. The van der Waals surface area contributed by atoms with Gasteiger partial charge in [0.1, 0.15) is 0 Å².